The first-order valence-electron chi connectivity index (χ1n) is 16.9. The van der Waals surface area contributed by atoms with Crippen molar-refractivity contribution in [1.29, 1.82) is 0 Å². The number of ether oxygens (including phenoxy) is 2. The van der Waals surface area contributed by atoms with Crippen molar-refractivity contribution < 1.29 is 38.9 Å². The lowest BCUT2D eigenvalue weighted by Gasteiger charge is -2.24. The van der Waals surface area contributed by atoms with Gasteiger partial charge < -0.3 is 30.3 Å². The minimum Gasteiger partial charge on any atom is -0.480 e. The number of aromatic carboxylic acids is 1. The zero-order valence-electron chi connectivity index (χ0n) is 28.9. The number of carboxylic acids is 2. The molecule has 0 unspecified atom stereocenters. The molecular formula is C41H40N4O8. The highest BCUT2D eigenvalue weighted by atomic mass is 16.5. The zero-order chi connectivity index (χ0) is 37.4. The molecule has 4 N–H and O–H groups in total. The van der Waals surface area contributed by atoms with Gasteiger partial charge in [-0.3, -0.25) is 24.2 Å². The first-order chi connectivity index (χ1) is 25.7. The molecule has 272 valence electrons. The second-order valence-electron chi connectivity index (χ2n) is 12.1. The van der Waals surface area contributed by atoms with Gasteiger partial charge in [0.15, 0.2) is 0 Å². The van der Waals surface area contributed by atoms with E-state index in [0.717, 1.165) is 5.56 Å². The quantitative estimate of drug-likeness (QED) is 0.0715. The second-order valence-corrected chi connectivity index (χ2v) is 12.1. The monoisotopic (exact) mass is 716 g/mol. The molecule has 5 aromatic carbocycles. The van der Waals surface area contributed by atoms with Crippen LogP contribution in [-0.2, 0) is 20.9 Å². The van der Waals surface area contributed by atoms with Crippen LogP contribution < -0.4 is 20.1 Å². The normalized spacial score (nSPS) is 10.8. The molecule has 0 radical (unpaired) electrons. The maximum atomic E-state index is 13.2. The minimum absolute atomic E-state index is 0.102. The highest BCUT2D eigenvalue weighted by Crippen LogP contribution is 2.24. The van der Waals surface area contributed by atoms with Crippen molar-refractivity contribution in [3.05, 3.63) is 145 Å². The third kappa shape index (κ3) is 13.0. The van der Waals surface area contributed by atoms with E-state index >= 15 is 0 Å². The molecule has 0 aliphatic carbocycles. The van der Waals surface area contributed by atoms with Gasteiger partial charge in [-0.15, -0.1) is 0 Å². The van der Waals surface area contributed by atoms with Gasteiger partial charge >= 0.3 is 11.9 Å². The van der Waals surface area contributed by atoms with Crippen molar-refractivity contribution >= 4 is 35.1 Å². The number of nitrogens with zero attached hydrogens (tertiary/aromatic N) is 2. The van der Waals surface area contributed by atoms with Crippen molar-refractivity contribution in [2.75, 3.05) is 43.4 Å². The van der Waals surface area contributed by atoms with E-state index in [1.807, 2.05) is 60.7 Å². The van der Waals surface area contributed by atoms with Crippen LogP contribution in [0.1, 0.15) is 22.3 Å². The number of hydrogen-bond donors (Lipinski definition) is 4. The van der Waals surface area contributed by atoms with E-state index < -0.39 is 11.9 Å². The van der Waals surface area contributed by atoms with Gasteiger partial charge in [-0.2, -0.15) is 0 Å². The predicted molar refractivity (Wildman–Crippen MR) is 201 cm³/mol. The molecule has 12 nitrogen and oxygen atoms in total. The maximum Gasteiger partial charge on any atom is 0.335 e. The molecule has 0 spiro atoms. The van der Waals surface area contributed by atoms with Gasteiger partial charge in [0.25, 0.3) is 0 Å². The molecule has 5 aromatic rings. The number of benzene rings is 5. The van der Waals surface area contributed by atoms with Gasteiger partial charge in [-0.05, 0) is 96.9 Å². The summed E-state index contributed by atoms with van der Waals surface area (Å²) in [5, 5.41) is 24.5. The Morgan fingerprint density at radius 1 is 0.509 bits per heavy atom. The summed E-state index contributed by atoms with van der Waals surface area (Å²) in [6.45, 7) is 0.488. The summed E-state index contributed by atoms with van der Waals surface area (Å²) in [5.41, 5.74) is 2.00. The molecule has 0 fully saturated rings. The van der Waals surface area contributed by atoms with E-state index in [4.69, 9.17) is 9.47 Å². The number of hydrogen-bond acceptors (Lipinski definition) is 8. The van der Waals surface area contributed by atoms with Crippen molar-refractivity contribution in [3.8, 4) is 23.0 Å². The van der Waals surface area contributed by atoms with Gasteiger partial charge in [0, 0.05) is 31.0 Å². The summed E-state index contributed by atoms with van der Waals surface area (Å²) in [4.78, 5) is 52.8. The van der Waals surface area contributed by atoms with Crippen LogP contribution in [-0.4, -0.2) is 76.5 Å². The molecule has 0 atom stereocenters. The number of nitrogens with one attached hydrogen (secondary N) is 2. The van der Waals surface area contributed by atoms with Crippen LogP contribution in [0.2, 0.25) is 0 Å². The van der Waals surface area contributed by atoms with Crippen LogP contribution in [0.25, 0.3) is 0 Å². The van der Waals surface area contributed by atoms with Gasteiger partial charge in [0.2, 0.25) is 11.8 Å². The standard InChI is InChI=1S/C41H40N4O8/c46-38(42-32-16-20-36(21-17-32)52-34-8-3-1-4-9-34)27-45(25-7-24-44(29-40(48)49)26-30-12-14-31(15-13-30)41(50)51)28-39(47)43-33-18-22-37(23-19-33)53-35-10-5-2-6-11-35/h1-6,8-23H,7,24-29H2,(H,42,46)(H,43,47)(H,48,49)(H,50,51). The van der Waals surface area contributed by atoms with Crippen LogP contribution in [0.5, 0.6) is 23.0 Å². The Kier molecular flexibility index (Phi) is 13.7. The second kappa shape index (κ2) is 19.2. The molecular weight excluding hydrogens is 676 g/mol. The predicted octanol–water partition coefficient (Wildman–Crippen LogP) is 6.83. The fraction of sp³-hybridized carbons (Fsp3) is 0.171. The topological polar surface area (TPSA) is 158 Å². The lowest BCUT2D eigenvalue weighted by molar-refractivity contribution is -0.138. The molecule has 0 aromatic heterocycles. The Morgan fingerprint density at radius 2 is 0.943 bits per heavy atom. The highest BCUT2D eigenvalue weighted by molar-refractivity contribution is 5.94. The number of amides is 2. The molecule has 0 saturated heterocycles. The Balaban J connectivity index is 1.20. The van der Waals surface area contributed by atoms with E-state index in [0.29, 0.717) is 53.9 Å². The molecule has 2 amide bonds. The molecule has 0 heterocycles. The first kappa shape index (κ1) is 37.7. The Bertz CT molecular complexity index is 1840. The van der Waals surface area contributed by atoms with E-state index in [-0.39, 0.29) is 43.6 Å². The number of anilines is 2. The molecule has 0 aliphatic heterocycles. The molecule has 0 bridgehead atoms. The van der Waals surface area contributed by atoms with Crippen molar-refractivity contribution in [1.82, 2.24) is 9.80 Å². The minimum atomic E-state index is -1.05. The summed E-state index contributed by atoms with van der Waals surface area (Å²) < 4.78 is 11.7. The summed E-state index contributed by atoms with van der Waals surface area (Å²) in [7, 11) is 0. The third-order valence-corrected chi connectivity index (χ3v) is 7.88. The van der Waals surface area contributed by atoms with Crippen LogP contribution in [0, 0.1) is 0 Å². The van der Waals surface area contributed by atoms with Gasteiger partial charge in [-0.25, -0.2) is 4.79 Å². The van der Waals surface area contributed by atoms with E-state index in [2.05, 4.69) is 10.6 Å². The summed E-state index contributed by atoms with van der Waals surface area (Å²) >= 11 is 0. The number of aliphatic carboxylic acids is 1. The smallest absolute Gasteiger partial charge is 0.335 e. The van der Waals surface area contributed by atoms with Crippen molar-refractivity contribution in [2.24, 2.45) is 0 Å². The number of rotatable bonds is 19. The Hall–Kier alpha value is -6.50. The zero-order valence-corrected chi connectivity index (χ0v) is 28.9. The third-order valence-electron chi connectivity index (χ3n) is 7.88. The number of carbonyl (C=O) groups excluding carboxylic acids is 2. The van der Waals surface area contributed by atoms with Crippen LogP contribution in [0.4, 0.5) is 11.4 Å². The first-order valence-corrected chi connectivity index (χ1v) is 16.9. The summed E-state index contributed by atoms with van der Waals surface area (Å²) in [6.07, 6.45) is 0.443. The fourth-order valence-corrected chi connectivity index (χ4v) is 5.42. The number of para-hydroxylation sites is 2. The molecule has 0 aliphatic rings. The largest absolute Gasteiger partial charge is 0.480 e. The number of carboxylic acid groups (broad SMARTS) is 2. The lowest BCUT2D eigenvalue weighted by atomic mass is 10.1. The van der Waals surface area contributed by atoms with Crippen molar-refractivity contribution in [2.45, 2.75) is 13.0 Å². The highest BCUT2D eigenvalue weighted by Gasteiger charge is 2.18. The SMILES string of the molecule is O=C(O)CN(CCCN(CC(=O)Nc1ccc(Oc2ccccc2)cc1)CC(=O)Nc1ccc(Oc2ccccc2)cc1)Cc1ccc(C(=O)O)cc1. The van der Waals surface area contributed by atoms with Crippen LogP contribution in [0.15, 0.2) is 133 Å². The van der Waals surface area contributed by atoms with Gasteiger partial charge in [-0.1, -0.05) is 48.5 Å². The van der Waals surface area contributed by atoms with Gasteiger partial charge in [0.05, 0.1) is 25.2 Å². The van der Waals surface area contributed by atoms with E-state index in [9.17, 15) is 29.4 Å². The Labute approximate surface area is 307 Å². The van der Waals surface area contributed by atoms with Gasteiger partial charge in [0.1, 0.15) is 23.0 Å². The van der Waals surface area contributed by atoms with E-state index in [1.54, 1.807) is 70.5 Å². The summed E-state index contributed by atoms with van der Waals surface area (Å²) in [5.74, 6) is -0.138. The molecule has 0 saturated carbocycles. The molecule has 12 heteroatoms. The molecule has 5 rings (SSSR count). The average molecular weight is 717 g/mol. The van der Waals surface area contributed by atoms with Crippen molar-refractivity contribution in [3.63, 3.8) is 0 Å². The van der Waals surface area contributed by atoms with Crippen LogP contribution in [0.3, 0.4) is 0 Å². The van der Waals surface area contributed by atoms with Crippen LogP contribution >= 0.6 is 0 Å². The fourth-order valence-electron chi connectivity index (χ4n) is 5.42. The van der Waals surface area contributed by atoms with E-state index in [1.165, 1.54) is 12.1 Å². The maximum absolute atomic E-state index is 13.2. The number of carbonyl (C=O) groups is 4. The lowest BCUT2D eigenvalue weighted by Crippen LogP contribution is -2.40. The Morgan fingerprint density at radius 3 is 1.38 bits per heavy atom. The summed E-state index contributed by atoms with van der Waals surface area (Å²) in [6, 6.07) is 38.8. The molecule has 53 heavy (non-hydrogen) atoms. The average Bonchev–Trinajstić information content (AvgIpc) is 3.14.